The number of nitrogens with one attached hydrogen (secondary N) is 1. The molecule has 3 aromatic rings. The van der Waals surface area contributed by atoms with Gasteiger partial charge >= 0.3 is 6.18 Å². The van der Waals surface area contributed by atoms with Crippen LogP contribution in [0.5, 0.6) is 5.75 Å². The molecule has 1 N–H and O–H groups in total. The van der Waals surface area contributed by atoms with Crippen molar-refractivity contribution in [3.05, 3.63) is 65.2 Å². The van der Waals surface area contributed by atoms with Crippen LogP contribution in [0.15, 0.2) is 48.5 Å². The van der Waals surface area contributed by atoms with Crippen molar-refractivity contribution in [3.8, 4) is 11.4 Å². The van der Waals surface area contributed by atoms with Crippen molar-refractivity contribution in [2.24, 2.45) is 0 Å². The molecule has 0 fully saturated rings. The van der Waals surface area contributed by atoms with Crippen LogP contribution in [0.4, 0.5) is 18.9 Å². The summed E-state index contributed by atoms with van der Waals surface area (Å²) >= 11 is 5.86. The first-order valence-corrected chi connectivity index (χ1v) is 8.40. The number of amides is 1. The fourth-order valence-corrected chi connectivity index (χ4v) is 2.43. The van der Waals surface area contributed by atoms with Crippen LogP contribution in [-0.4, -0.2) is 33.5 Å². The van der Waals surface area contributed by atoms with E-state index in [-0.39, 0.29) is 11.6 Å². The molecule has 146 valence electrons. The minimum atomic E-state index is -4.42. The van der Waals surface area contributed by atoms with Gasteiger partial charge in [-0.2, -0.15) is 13.2 Å². The molecule has 0 aliphatic heterocycles. The summed E-state index contributed by atoms with van der Waals surface area (Å²) in [5.41, 5.74) is 1.06. The van der Waals surface area contributed by atoms with Crippen LogP contribution in [0.1, 0.15) is 16.4 Å². The number of carbonyl (C=O) groups excluding carboxylic acids is 1. The Kier molecular flexibility index (Phi) is 5.55. The molecule has 0 aliphatic carbocycles. The highest BCUT2D eigenvalue weighted by Crippen LogP contribution is 2.21. The molecule has 1 aromatic heterocycles. The third-order valence-corrected chi connectivity index (χ3v) is 3.81. The third-order valence-electron chi connectivity index (χ3n) is 3.56. The van der Waals surface area contributed by atoms with Gasteiger partial charge in [-0.1, -0.05) is 11.6 Å². The van der Waals surface area contributed by atoms with E-state index in [0.717, 1.165) is 0 Å². The lowest BCUT2D eigenvalue weighted by Crippen LogP contribution is -2.19. The summed E-state index contributed by atoms with van der Waals surface area (Å²) in [7, 11) is 0. The predicted octanol–water partition coefficient (Wildman–Crippen LogP) is 4.42. The Morgan fingerprint density at radius 1 is 1.14 bits per heavy atom. The fourth-order valence-electron chi connectivity index (χ4n) is 2.30. The molecule has 6 nitrogen and oxygen atoms in total. The van der Waals surface area contributed by atoms with Crippen molar-refractivity contribution in [3.63, 3.8) is 0 Å². The summed E-state index contributed by atoms with van der Waals surface area (Å²) in [6, 6.07) is 12.4. The Balaban J connectivity index is 1.68. The Labute approximate surface area is 162 Å². The molecule has 2 aromatic carbocycles. The van der Waals surface area contributed by atoms with Gasteiger partial charge in [-0.3, -0.25) is 4.79 Å². The summed E-state index contributed by atoms with van der Waals surface area (Å²) in [5.74, 6) is -0.0655. The third kappa shape index (κ3) is 5.01. The van der Waals surface area contributed by atoms with Crippen molar-refractivity contribution < 1.29 is 22.7 Å². The smallest absolute Gasteiger partial charge is 0.422 e. The zero-order valence-corrected chi connectivity index (χ0v) is 15.3. The molecule has 0 bridgehead atoms. The SMILES string of the molecule is Cc1nc(C(=O)Nc2ccc(OCC(F)(F)F)cc2)nn1-c1ccc(Cl)cc1. The maximum Gasteiger partial charge on any atom is 0.422 e. The quantitative estimate of drug-likeness (QED) is 0.676. The standard InChI is InChI=1S/C18H14ClF3N4O2/c1-11-23-16(25-26(11)14-6-2-12(19)3-7-14)17(27)24-13-4-8-15(9-5-13)28-10-18(20,21)22/h2-9H,10H2,1H3,(H,24,27). The molecule has 1 heterocycles. The molecule has 0 unspecified atom stereocenters. The molecule has 0 spiro atoms. The summed E-state index contributed by atoms with van der Waals surface area (Å²) < 4.78 is 42.6. The van der Waals surface area contributed by atoms with Gasteiger partial charge < -0.3 is 10.1 Å². The second kappa shape index (κ2) is 7.89. The topological polar surface area (TPSA) is 69.0 Å². The van der Waals surface area contributed by atoms with Gasteiger partial charge in [-0.15, -0.1) is 5.10 Å². The van der Waals surface area contributed by atoms with E-state index in [1.807, 2.05) is 0 Å². The van der Waals surface area contributed by atoms with Gasteiger partial charge in [0.15, 0.2) is 6.61 Å². The van der Waals surface area contributed by atoms with E-state index in [4.69, 9.17) is 11.6 Å². The molecule has 1 amide bonds. The maximum absolute atomic E-state index is 12.4. The predicted molar refractivity (Wildman–Crippen MR) is 97.1 cm³/mol. The van der Waals surface area contributed by atoms with Crippen LogP contribution >= 0.6 is 11.6 Å². The second-order valence-corrected chi connectivity index (χ2v) is 6.19. The Morgan fingerprint density at radius 3 is 2.39 bits per heavy atom. The van der Waals surface area contributed by atoms with Gasteiger partial charge in [-0.25, -0.2) is 9.67 Å². The minimum absolute atomic E-state index is 0.0382. The Hall–Kier alpha value is -3.07. The minimum Gasteiger partial charge on any atom is -0.484 e. The van der Waals surface area contributed by atoms with Crippen LogP contribution in [0, 0.1) is 6.92 Å². The van der Waals surface area contributed by atoms with Crippen LogP contribution in [0.3, 0.4) is 0 Å². The molecule has 3 rings (SSSR count). The number of anilines is 1. The van der Waals surface area contributed by atoms with Gasteiger partial charge in [0.2, 0.25) is 5.82 Å². The number of alkyl halides is 3. The molecule has 0 radical (unpaired) electrons. The van der Waals surface area contributed by atoms with Crippen LogP contribution in [0.2, 0.25) is 5.02 Å². The number of benzene rings is 2. The zero-order valence-electron chi connectivity index (χ0n) is 14.5. The second-order valence-electron chi connectivity index (χ2n) is 5.75. The lowest BCUT2D eigenvalue weighted by atomic mass is 10.3. The number of ether oxygens (including phenoxy) is 1. The molecule has 10 heteroatoms. The fraction of sp³-hybridized carbons (Fsp3) is 0.167. The molecular formula is C18H14ClF3N4O2. The van der Waals surface area contributed by atoms with Crippen LogP contribution in [0.25, 0.3) is 5.69 Å². The van der Waals surface area contributed by atoms with E-state index >= 15 is 0 Å². The number of nitrogens with zero attached hydrogens (tertiary/aromatic N) is 3. The van der Waals surface area contributed by atoms with E-state index in [9.17, 15) is 18.0 Å². The number of rotatable bonds is 5. The first kappa shape index (κ1) is 19.7. The number of halogens is 4. The molecule has 28 heavy (non-hydrogen) atoms. The van der Waals surface area contributed by atoms with E-state index in [2.05, 4.69) is 20.1 Å². The summed E-state index contributed by atoms with van der Waals surface area (Å²) in [4.78, 5) is 16.5. The maximum atomic E-state index is 12.4. The molecule has 0 aliphatic rings. The number of hydrogen-bond acceptors (Lipinski definition) is 4. The Morgan fingerprint density at radius 2 is 1.79 bits per heavy atom. The summed E-state index contributed by atoms with van der Waals surface area (Å²) in [5, 5.41) is 7.33. The van der Waals surface area contributed by atoms with Gasteiger partial charge in [0, 0.05) is 10.7 Å². The lowest BCUT2D eigenvalue weighted by molar-refractivity contribution is -0.153. The van der Waals surface area contributed by atoms with Crippen molar-refractivity contribution in [2.45, 2.75) is 13.1 Å². The van der Waals surface area contributed by atoms with Crippen molar-refractivity contribution in [1.82, 2.24) is 14.8 Å². The monoisotopic (exact) mass is 410 g/mol. The Bertz CT molecular complexity index is 970. The summed E-state index contributed by atoms with van der Waals surface area (Å²) in [6.45, 7) is 0.315. The number of aryl methyl sites for hydroxylation is 1. The molecule has 0 atom stereocenters. The number of aromatic nitrogens is 3. The molecular weight excluding hydrogens is 397 g/mol. The van der Waals surface area contributed by atoms with Crippen molar-refractivity contribution in [1.29, 1.82) is 0 Å². The summed E-state index contributed by atoms with van der Waals surface area (Å²) in [6.07, 6.45) is -4.42. The van der Waals surface area contributed by atoms with Gasteiger partial charge in [-0.05, 0) is 55.5 Å². The van der Waals surface area contributed by atoms with Crippen LogP contribution in [-0.2, 0) is 0 Å². The van der Waals surface area contributed by atoms with E-state index < -0.39 is 18.7 Å². The van der Waals surface area contributed by atoms with E-state index in [1.165, 1.54) is 28.9 Å². The van der Waals surface area contributed by atoms with Crippen LogP contribution < -0.4 is 10.1 Å². The van der Waals surface area contributed by atoms with Gasteiger partial charge in [0.25, 0.3) is 5.91 Å². The van der Waals surface area contributed by atoms with Gasteiger partial charge in [0.05, 0.1) is 5.69 Å². The number of carbonyl (C=O) groups is 1. The van der Waals surface area contributed by atoms with Crippen molar-refractivity contribution >= 4 is 23.2 Å². The average Bonchev–Trinajstić information content (AvgIpc) is 3.03. The lowest BCUT2D eigenvalue weighted by Gasteiger charge is -2.09. The number of hydrogen-bond donors (Lipinski definition) is 1. The molecule has 0 saturated carbocycles. The average molecular weight is 411 g/mol. The van der Waals surface area contributed by atoms with Gasteiger partial charge in [0.1, 0.15) is 11.6 Å². The normalized spacial score (nSPS) is 11.3. The highest BCUT2D eigenvalue weighted by atomic mass is 35.5. The largest absolute Gasteiger partial charge is 0.484 e. The van der Waals surface area contributed by atoms with E-state index in [0.29, 0.717) is 22.2 Å². The highest BCUT2D eigenvalue weighted by Gasteiger charge is 2.28. The highest BCUT2D eigenvalue weighted by molar-refractivity contribution is 6.30. The molecule has 0 saturated heterocycles. The van der Waals surface area contributed by atoms with Crippen molar-refractivity contribution in [2.75, 3.05) is 11.9 Å². The zero-order chi connectivity index (χ0) is 20.3. The first-order valence-electron chi connectivity index (χ1n) is 8.02. The first-order chi connectivity index (χ1) is 13.2. The van der Waals surface area contributed by atoms with E-state index in [1.54, 1.807) is 31.2 Å².